The van der Waals surface area contributed by atoms with Crippen molar-refractivity contribution in [3.05, 3.63) is 11.9 Å². The highest BCUT2D eigenvalue weighted by atomic mass is 16.2. The van der Waals surface area contributed by atoms with E-state index in [1.807, 2.05) is 6.92 Å². The largest absolute Gasteiger partial charge is 0.358 e. The van der Waals surface area contributed by atoms with E-state index >= 15 is 0 Å². The summed E-state index contributed by atoms with van der Waals surface area (Å²) in [6.45, 7) is 2.61. The summed E-state index contributed by atoms with van der Waals surface area (Å²) in [5.41, 5.74) is 3.30. The summed E-state index contributed by atoms with van der Waals surface area (Å²) in [4.78, 5) is 21.6. The van der Waals surface area contributed by atoms with Gasteiger partial charge in [0.1, 0.15) is 24.0 Å². The minimum Gasteiger partial charge on any atom is -0.358 e. The highest BCUT2D eigenvalue weighted by Gasteiger charge is 2.29. The van der Waals surface area contributed by atoms with E-state index in [1.165, 1.54) is 6.33 Å². The second-order valence-electron chi connectivity index (χ2n) is 4.09. The normalized spacial score (nSPS) is 19.6. The fourth-order valence-electron chi connectivity index (χ4n) is 1.86. The van der Waals surface area contributed by atoms with Crippen molar-refractivity contribution in [2.75, 3.05) is 24.3 Å². The second kappa shape index (κ2) is 4.54. The van der Waals surface area contributed by atoms with Crippen LogP contribution in [0, 0.1) is 6.92 Å². The van der Waals surface area contributed by atoms with Crippen LogP contribution in [0.4, 0.5) is 11.6 Å². The van der Waals surface area contributed by atoms with Crippen LogP contribution in [0.15, 0.2) is 6.33 Å². The second-order valence-corrected chi connectivity index (χ2v) is 4.09. The van der Waals surface area contributed by atoms with Crippen LogP contribution in [0.5, 0.6) is 0 Å². The number of carbonyl (C=O) groups is 1. The Kier molecular flexibility index (Phi) is 3.10. The van der Waals surface area contributed by atoms with E-state index in [-0.39, 0.29) is 11.9 Å². The minimum absolute atomic E-state index is 0.0882. The summed E-state index contributed by atoms with van der Waals surface area (Å²) in [5, 5.41) is 3.13. The Morgan fingerprint density at radius 3 is 2.76 bits per heavy atom. The number of nitrogens with zero attached hydrogens (tertiary/aromatic N) is 3. The van der Waals surface area contributed by atoms with Gasteiger partial charge in [-0.15, -0.1) is 0 Å². The van der Waals surface area contributed by atoms with Gasteiger partial charge in [-0.1, -0.05) is 0 Å². The molecule has 2 rings (SSSR count). The fourth-order valence-corrected chi connectivity index (χ4v) is 1.86. The van der Waals surface area contributed by atoms with Crippen molar-refractivity contribution < 1.29 is 4.79 Å². The topological polar surface area (TPSA) is 96.2 Å². The van der Waals surface area contributed by atoms with Crippen molar-refractivity contribution >= 4 is 17.5 Å². The first-order chi connectivity index (χ1) is 8.13. The Morgan fingerprint density at radius 2 is 2.18 bits per heavy atom. The number of hydrogen-bond donors (Lipinski definition) is 3. The number of hydrazine groups is 1. The molecule has 1 amide bonds. The first-order valence-electron chi connectivity index (χ1n) is 5.43. The van der Waals surface area contributed by atoms with Crippen LogP contribution in [0.3, 0.4) is 0 Å². The van der Waals surface area contributed by atoms with E-state index in [0.29, 0.717) is 11.6 Å². The average molecular weight is 236 g/mol. The molecule has 2 heterocycles. The predicted molar refractivity (Wildman–Crippen MR) is 64.2 cm³/mol. The Labute approximate surface area is 99.4 Å². The van der Waals surface area contributed by atoms with Gasteiger partial charge in [-0.2, -0.15) is 0 Å². The molecule has 92 valence electrons. The lowest BCUT2D eigenvalue weighted by molar-refractivity contribution is -0.127. The van der Waals surface area contributed by atoms with Crippen molar-refractivity contribution in [3.63, 3.8) is 0 Å². The number of likely N-dealkylation sites (N-methyl/N-ethyl adjacent to an activating group) is 1. The zero-order chi connectivity index (χ0) is 12.4. The number of aromatic nitrogens is 2. The van der Waals surface area contributed by atoms with Gasteiger partial charge in [-0.05, 0) is 13.3 Å². The number of nitrogens with two attached hydrogens (primary N) is 1. The lowest BCUT2D eigenvalue weighted by Crippen LogP contribution is -2.31. The third-order valence-electron chi connectivity index (χ3n) is 2.96. The third kappa shape index (κ3) is 2.14. The highest BCUT2D eigenvalue weighted by molar-refractivity contribution is 5.86. The summed E-state index contributed by atoms with van der Waals surface area (Å²) in [5.74, 6) is 6.62. The summed E-state index contributed by atoms with van der Waals surface area (Å²) in [7, 11) is 1.80. The number of rotatable bonds is 3. The number of nitrogens with one attached hydrogen (secondary N) is 2. The Morgan fingerprint density at radius 1 is 1.47 bits per heavy atom. The third-order valence-corrected chi connectivity index (χ3v) is 2.96. The summed E-state index contributed by atoms with van der Waals surface area (Å²) >= 11 is 0. The Bertz CT molecular complexity index is 435. The quantitative estimate of drug-likeness (QED) is 0.493. The molecule has 1 aromatic heterocycles. The molecule has 4 N–H and O–H groups in total. The minimum atomic E-state index is -0.209. The molecule has 1 unspecified atom stereocenters. The van der Waals surface area contributed by atoms with E-state index in [2.05, 4.69) is 20.7 Å². The lowest BCUT2D eigenvalue weighted by Gasteiger charge is -2.15. The first-order valence-corrected chi connectivity index (χ1v) is 5.43. The molecule has 1 aromatic rings. The van der Waals surface area contributed by atoms with Gasteiger partial charge in [0.15, 0.2) is 0 Å². The number of anilines is 2. The molecule has 1 atom stereocenters. The van der Waals surface area contributed by atoms with E-state index in [0.717, 1.165) is 18.5 Å². The zero-order valence-electron chi connectivity index (χ0n) is 9.90. The fraction of sp³-hybridized carbons (Fsp3) is 0.500. The molecule has 1 aliphatic heterocycles. The van der Waals surface area contributed by atoms with Crippen molar-refractivity contribution in [2.24, 2.45) is 5.84 Å². The number of carbonyl (C=O) groups excluding carboxylic acids is 1. The molecule has 0 aromatic carbocycles. The predicted octanol–water partition coefficient (Wildman–Crippen LogP) is -0.287. The molecule has 0 spiro atoms. The molecule has 7 heteroatoms. The smallest absolute Gasteiger partial charge is 0.244 e. The highest BCUT2D eigenvalue weighted by Crippen LogP contribution is 2.20. The average Bonchev–Trinajstić information content (AvgIpc) is 2.64. The first kappa shape index (κ1) is 11.6. The Balaban J connectivity index is 2.17. The molecule has 7 nitrogen and oxygen atoms in total. The Hall–Kier alpha value is -1.89. The number of likely N-dealkylation sites (tertiary alicyclic amines) is 1. The van der Waals surface area contributed by atoms with E-state index in [4.69, 9.17) is 5.84 Å². The van der Waals surface area contributed by atoms with Crippen molar-refractivity contribution in [1.82, 2.24) is 14.9 Å². The maximum Gasteiger partial charge on any atom is 0.244 e. The molecule has 1 saturated heterocycles. The van der Waals surface area contributed by atoms with E-state index in [9.17, 15) is 4.79 Å². The monoisotopic (exact) mass is 236 g/mol. The van der Waals surface area contributed by atoms with Gasteiger partial charge < -0.3 is 15.6 Å². The number of nitrogen functional groups attached to an aromatic ring is 1. The molecule has 1 aliphatic rings. The van der Waals surface area contributed by atoms with Crippen molar-refractivity contribution in [3.8, 4) is 0 Å². The van der Waals surface area contributed by atoms with Crippen LogP contribution in [0.2, 0.25) is 0 Å². The van der Waals surface area contributed by atoms with Crippen LogP contribution in [-0.2, 0) is 4.79 Å². The standard InChI is InChI=1S/C10H16N6O/c1-6-8(12-5-13-9(6)15-11)14-7-3-4-16(2)10(7)17/h5,7H,3-4,11H2,1-2H3,(H2,12,13,14,15). The van der Waals surface area contributed by atoms with Gasteiger partial charge in [-0.25, -0.2) is 15.8 Å². The molecule has 17 heavy (non-hydrogen) atoms. The van der Waals surface area contributed by atoms with E-state index in [1.54, 1.807) is 11.9 Å². The maximum atomic E-state index is 11.8. The SMILES string of the molecule is Cc1c(NN)ncnc1NC1CCN(C)C1=O. The summed E-state index contributed by atoms with van der Waals surface area (Å²) in [6, 6.07) is -0.209. The molecular formula is C10H16N6O. The van der Waals surface area contributed by atoms with Crippen molar-refractivity contribution in [2.45, 2.75) is 19.4 Å². The summed E-state index contributed by atoms with van der Waals surface area (Å²) < 4.78 is 0. The maximum absolute atomic E-state index is 11.8. The molecule has 1 fully saturated rings. The van der Waals surface area contributed by atoms with Crippen molar-refractivity contribution in [1.29, 1.82) is 0 Å². The van der Waals surface area contributed by atoms with Crippen LogP contribution in [0.25, 0.3) is 0 Å². The number of amides is 1. The molecule has 0 saturated carbocycles. The molecule has 0 bridgehead atoms. The molecule has 0 aliphatic carbocycles. The van der Waals surface area contributed by atoms with E-state index < -0.39 is 0 Å². The number of hydrogen-bond acceptors (Lipinski definition) is 6. The van der Waals surface area contributed by atoms with Crippen LogP contribution < -0.4 is 16.6 Å². The van der Waals surface area contributed by atoms with Crippen LogP contribution in [0.1, 0.15) is 12.0 Å². The molecular weight excluding hydrogens is 220 g/mol. The zero-order valence-corrected chi connectivity index (χ0v) is 9.90. The summed E-state index contributed by atoms with van der Waals surface area (Å²) in [6.07, 6.45) is 2.19. The molecule has 0 radical (unpaired) electrons. The van der Waals surface area contributed by atoms with Gasteiger partial charge in [0.2, 0.25) is 5.91 Å². The van der Waals surface area contributed by atoms with Gasteiger partial charge in [0.05, 0.1) is 0 Å². The van der Waals surface area contributed by atoms with Crippen LogP contribution >= 0.6 is 0 Å². The van der Waals surface area contributed by atoms with Gasteiger partial charge >= 0.3 is 0 Å². The van der Waals surface area contributed by atoms with Gasteiger partial charge in [0.25, 0.3) is 0 Å². The lowest BCUT2D eigenvalue weighted by atomic mass is 10.2. The van der Waals surface area contributed by atoms with Gasteiger partial charge in [-0.3, -0.25) is 4.79 Å². The van der Waals surface area contributed by atoms with Gasteiger partial charge in [0, 0.05) is 19.2 Å². The van der Waals surface area contributed by atoms with Crippen LogP contribution in [-0.4, -0.2) is 40.4 Å².